The van der Waals surface area contributed by atoms with Crippen molar-refractivity contribution in [3.05, 3.63) is 35.4 Å². The van der Waals surface area contributed by atoms with E-state index < -0.39 is 0 Å². The van der Waals surface area contributed by atoms with Gasteiger partial charge in [-0.2, -0.15) is 0 Å². The molecule has 20 heavy (non-hydrogen) atoms. The van der Waals surface area contributed by atoms with Gasteiger partial charge in [-0.25, -0.2) is 0 Å². The molecule has 0 bridgehead atoms. The van der Waals surface area contributed by atoms with E-state index in [2.05, 4.69) is 36.6 Å². The molecular formula is C16H24N2O2. The van der Waals surface area contributed by atoms with Gasteiger partial charge < -0.3 is 15.4 Å². The highest BCUT2D eigenvalue weighted by molar-refractivity contribution is 5.79. The highest BCUT2D eigenvalue weighted by atomic mass is 16.5. The van der Waals surface area contributed by atoms with Crippen molar-refractivity contribution >= 4 is 5.91 Å². The smallest absolute Gasteiger partial charge is 0.227 e. The second kappa shape index (κ2) is 7.41. The van der Waals surface area contributed by atoms with Crippen molar-refractivity contribution < 1.29 is 9.53 Å². The summed E-state index contributed by atoms with van der Waals surface area (Å²) >= 11 is 0. The van der Waals surface area contributed by atoms with E-state index >= 15 is 0 Å². The molecule has 0 spiro atoms. The molecule has 0 aromatic heterocycles. The molecule has 2 unspecified atom stereocenters. The number of amides is 1. The van der Waals surface area contributed by atoms with Crippen LogP contribution in [0.15, 0.2) is 24.3 Å². The Morgan fingerprint density at radius 3 is 2.75 bits per heavy atom. The number of benzene rings is 1. The van der Waals surface area contributed by atoms with E-state index in [1.807, 2.05) is 12.1 Å². The first kappa shape index (κ1) is 15.0. The van der Waals surface area contributed by atoms with E-state index in [9.17, 15) is 4.79 Å². The molecule has 0 radical (unpaired) electrons. The molecule has 0 saturated carbocycles. The number of carbonyl (C=O) groups excluding carboxylic acids is 1. The van der Waals surface area contributed by atoms with E-state index in [1.54, 1.807) is 0 Å². The maximum atomic E-state index is 12.2. The first-order chi connectivity index (χ1) is 9.70. The van der Waals surface area contributed by atoms with Gasteiger partial charge in [0.05, 0.1) is 19.1 Å². The lowest BCUT2D eigenvalue weighted by molar-refractivity contribution is -0.125. The topological polar surface area (TPSA) is 50.4 Å². The Bertz CT molecular complexity index is 431. The van der Waals surface area contributed by atoms with Gasteiger partial charge in [-0.3, -0.25) is 4.79 Å². The lowest BCUT2D eigenvalue weighted by atomic mass is 10.0. The van der Waals surface area contributed by atoms with Crippen molar-refractivity contribution in [1.29, 1.82) is 0 Å². The van der Waals surface area contributed by atoms with Crippen LogP contribution in [-0.2, 0) is 16.1 Å². The van der Waals surface area contributed by atoms with Crippen LogP contribution in [0.4, 0.5) is 0 Å². The summed E-state index contributed by atoms with van der Waals surface area (Å²) in [6.07, 6.45) is 1.06. The van der Waals surface area contributed by atoms with Gasteiger partial charge in [-0.1, -0.05) is 36.8 Å². The minimum absolute atomic E-state index is 0.0769. The number of aryl methyl sites for hydroxylation is 1. The highest BCUT2D eigenvalue weighted by Gasteiger charge is 2.33. The minimum atomic E-state index is -0.0769. The fourth-order valence-electron chi connectivity index (χ4n) is 2.37. The van der Waals surface area contributed by atoms with Gasteiger partial charge in [0, 0.05) is 12.6 Å². The number of carbonyl (C=O) groups is 1. The van der Waals surface area contributed by atoms with Crippen LogP contribution < -0.4 is 10.6 Å². The average Bonchev–Trinajstić information content (AvgIpc) is 2.92. The quantitative estimate of drug-likeness (QED) is 0.830. The van der Waals surface area contributed by atoms with Crippen LogP contribution in [-0.4, -0.2) is 31.7 Å². The Kier molecular flexibility index (Phi) is 5.56. The fourth-order valence-corrected chi connectivity index (χ4v) is 2.37. The molecule has 1 aliphatic heterocycles. The van der Waals surface area contributed by atoms with E-state index in [4.69, 9.17) is 4.74 Å². The Balaban J connectivity index is 1.83. The summed E-state index contributed by atoms with van der Waals surface area (Å²) in [5.74, 6) is 0.00340. The second-order valence-electron chi connectivity index (χ2n) is 5.41. The summed E-state index contributed by atoms with van der Waals surface area (Å²) in [5, 5.41) is 6.39. The Hall–Kier alpha value is -1.39. The summed E-state index contributed by atoms with van der Waals surface area (Å²) in [7, 11) is 0. The molecule has 1 aliphatic rings. The van der Waals surface area contributed by atoms with Gasteiger partial charge in [0.1, 0.15) is 0 Å². The SMILES string of the molecule is CCCNC1COCC1C(=O)NCc1ccc(C)cc1. The lowest BCUT2D eigenvalue weighted by Crippen LogP contribution is -2.44. The molecule has 1 aromatic rings. The van der Waals surface area contributed by atoms with Crippen molar-refractivity contribution in [2.75, 3.05) is 19.8 Å². The third-order valence-corrected chi connectivity index (χ3v) is 3.66. The first-order valence-electron chi connectivity index (χ1n) is 7.35. The Labute approximate surface area is 120 Å². The maximum Gasteiger partial charge on any atom is 0.227 e. The lowest BCUT2D eigenvalue weighted by Gasteiger charge is -2.18. The highest BCUT2D eigenvalue weighted by Crippen LogP contribution is 2.14. The molecule has 1 saturated heterocycles. The second-order valence-corrected chi connectivity index (χ2v) is 5.41. The van der Waals surface area contributed by atoms with Crippen LogP contribution in [0.3, 0.4) is 0 Å². The monoisotopic (exact) mass is 276 g/mol. The largest absolute Gasteiger partial charge is 0.379 e. The van der Waals surface area contributed by atoms with Gasteiger partial charge in [-0.15, -0.1) is 0 Å². The summed E-state index contributed by atoms with van der Waals surface area (Å²) in [6, 6.07) is 8.37. The molecule has 4 heteroatoms. The number of hydrogen-bond acceptors (Lipinski definition) is 3. The molecule has 1 fully saturated rings. The zero-order chi connectivity index (χ0) is 14.4. The molecule has 1 amide bonds. The molecule has 1 heterocycles. The first-order valence-corrected chi connectivity index (χ1v) is 7.35. The molecular weight excluding hydrogens is 252 g/mol. The van der Waals surface area contributed by atoms with Gasteiger partial charge in [0.2, 0.25) is 5.91 Å². The molecule has 2 N–H and O–H groups in total. The predicted octanol–water partition coefficient (Wildman–Crippen LogP) is 1.63. The molecule has 4 nitrogen and oxygen atoms in total. The van der Waals surface area contributed by atoms with Crippen molar-refractivity contribution in [1.82, 2.24) is 10.6 Å². The number of hydrogen-bond donors (Lipinski definition) is 2. The van der Waals surface area contributed by atoms with E-state index in [-0.39, 0.29) is 17.9 Å². The van der Waals surface area contributed by atoms with Crippen molar-refractivity contribution in [2.24, 2.45) is 5.92 Å². The fraction of sp³-hybridized carbons (Fsp3) is 0.562. The molecule has 110 valence electrons. The van der Waals surface area contributed by atoms with Gasteiger partial charge in [-0.05, 0) is 25.5 Å². The van der Waals surface area contributed by atoms with Gasteiger partial charge in [0.25, 0.3) is 0 Å². The zero-order valence-electron chi connectivity index (χ0n) is 12.3. The zero-order valence-corrected chi connectivity index (χ0v) is 12.3. The van der Waals surface area contributed by atoms with E-state index in [0.29, 0.717) is 19.8 Å². The third-order valence-electron chi connectivity index (χ3n) is 3.66. The molecule has 1 aromatic carbocycles. The van der Waals surface area contributed by atoms with E-state index in [1.165, 1.54) is 5.56 Å². The van der Waals surface area contributed by atoms with Crippen LogP contribution in [0, 0.1) is 12.8 Å². The van der Waals surface area contributed by atoms with Crippen LogP contribution in [0.25, 0.3) is 0 Å². The summed E-state index contributed by atoms with van der Waals surface area (Å²) in [6.45, 7) is 6.83. The van der Waals surface area contributed by atoms with Gasteiger partial charge in [0.15, 0.2) is 0 Å². The number of nitrogens with one attached hydrogen (secondary N) is 2. The maximum absolute atomic E-state index is 12.2. The normalized spacial score (nSPS) is 21.9. The molecule has 2 atom stereocenters. The van der Waals surface area contributed by atoms with Crippen LogP contribution >= 0.6 is 0 Å². The Morgan fingerprint density at radius 1 is 1.30 bits per heavy atom. The van der Waals surface area contributed by atoms with Crippen molar-refractivity contribution in [2.45, 2.75) is 32.9 Å². The number of ether oxygens (including phenoxy) is 1. The van der Waals surface area contributed by atoms with E-state index in [0.717, 1.165) is 18.5 Å². The van der Waals surface area contributed by atoms with Crippen LogP contribution in [0.2, 0.25) is 0 Å². The molecule has 0 aliphatic carbocycles. The van der Waals surface area contributed by atoms with Crippen molar-refractivity contribution in [3.8, 4) is 0 Å². The summed E-state index contributed by atoms with van der Waals surface area (Å²) < 4.78 is 5.43. The van der Waals surface area contributed by atoms with Crippen LogP contribution in [0.5, 0.6) is 0 Å². The Morgan fingerprint density at radius 2 is 2.05 bits per heavy atom. The van der Waals surface area contributed by atoms with Crippen LogP contribution in [0.1, 0.15) is 24.5 Å². The third kappa shape index (κ3) is 4.05. The van der Waals surface area contributed by atoms with Crippen molar-refractivity contribution in [3.63, 3.8) is 0 Å². The predicted molar refractivity (Wildman–Crippen MR) is 79.4 cm³/mol. The summed E-state index contributed by atoms with van der Waals surface area (Å²) in [4.78, 5) is 12.2. The summed E-state index contributed by atoms with van der Waals surface area (Å²) in [5.41, 5.74) is 2.36. The average molecular weight is 276 g/mol. The minimum Gasteiger partial charge on any atom is -0.379 e. The standard InChI is InChI=1S/C16H24N2O2/c1-3-8-17-15-11-20-10-14(15)16(19)18-9-13-6-4-12(2)5-7-13/h4-7,14-15,17H,3,8-11H2,1-2H3,(H,18,19). The number of rotatable bonds is 6. The van der Waals surface area contributed by atoms with Gasteiger partial charge >= 0.3 is 0 Å². The molecule has 2 rings (SSSR count).